The zero-order chi connectivity index (χ0) is 10.9. The Hall–Kier alpha value is -1.35. The third-order valence-corrected chi connectivity index (χ3v) is 2.54. The minimum atomic E-state index is -1.13. The Morgan fingerprint density at radius 2 is 1.71 bits per heavy atom. The van der Waals surface area contributed by atoms with Crippen molar-refractivity contribution in [3.05, 3.63) is 34.4 Å². The van der Waals surface area contributed by atoms with E-state index in [1.807, 2.05) is 32.9 Å². The number of rotatable bonds is 2. The fraction of sp³-hybridized carbons (Fsp3) is 0.364. The number of aliphatic carboxylic acids is 1. The topological polar surface area (TPSA) is 67.8 Å². The summed E-state index contributed by atoms with van der Waals surface area (Å²) in [6.45, 7) is 5.85. The molecule has 1 aromatic rings. The van der Waals surface area contributed by atoms with Crippen LogP contribution in [0.3, 0.4) is 0 Å². The Labute approximate surface area is 83.6 Å². The van der Waals surface area contributed by atoms with Crippen molar-refractivity contribution in [2.45, 2.75) is 26.8 Å². The summed E-state index contributed by atoms with van der Waals surface area (Å²) in [7, 11) is 0. The summed E-state index contributed by atoms with van der Waals surface area (Å²) >= 11 is 0. The average molecular weight is 193 g/mol. The van der Waals surface area contributed by atoms with Crippen LogP contribution in [0.25, 0.3) is 0 Å². The van der Waals surface area contributed by atoms with Gasteiger partial charge in [0.25, 0.3) is 0 Å². The van der Waals surface area contributed by atoms with Crippen LogP contribution in [0, 0.1) is 20.8 Å². The highest BCUT2D eigenvalue weighted by Gasteiger charge is 2.14. The smallest absolute Gasteiger partial charge is 0.150 e. The van der Waals surface area contributed by atoms with Gasteiger partial charge in [0.05, 0.1) is 0 Å². The zero-order valence-electron chi connectivity index (χ0n) is 8.76. The lowest BCUT2D eigenvalue weighted by Gasteiger charge is -2.14. The first kappa shape index (κ1) is 10.7. The van der Waals surface area contributed by atoms with Crippen LogP contribution in [-0.2, 0) is 4.79 Å². The van der Waals surface area contributed by atoms with E-state index in [1.54, 1.807) is 0 Å². The Kier molecular flexibility index (Phi) is 2.91. The SMILES string of the molecule is Cc1cc(C)c([C@@H]([NH3+])C(=O)[O-])cc1C. The minimum Gasteiger partial charge on any atom is -0.544 e. The molecule has 0 fully saturated rings. The van der Waals surface area contributed by atoms with Crippen LogP contribution < -0.4 is 10.8 Å². The summed E-state index contributed by atoms with van der Waals surface area (Å²) in [4.78, 5) is 10.7. The molecule has 0 spiro atoms. The van der Waals surface area contributed by atoms with Gasteiger partial charge in [-0.3, -0.25) is 0 Å². The first-order valence-corrected chi connectivity index (χ1v) is 4.55. The molecule has 3 nitrogen and oxygen atoms in total. The predicted octanol–water partition coefficient (Wildman–Crippen LogP) is -0.355. The standard InChI is InChI=1S/C11H15NO2/c1-6-4-8(3)9(5-7(6)2)10(12)11(13)14/h4-5,10H,12H2,1-3H3,(H,13,14)/t10-/m1/s1. The van der Waals surface area contributed by atoms with Gasteiger partial charge in [-0.05, 0) is 43.5 Å². The molecular formula is C11H15NO2. The van der Waals surface area contributed by atoms with Crippen molar-refractivity contribution in [1.29, 1.82) is 0 Å². The van der Waals surface area contributed by atoms with Crippen LogP contribution in [0.2, 0.25) is 0 Å². The molecule has 0 saturated carbocycles. The molecule has 0 aliphatic rings. The zero-order valence-corrected chi connectivity index (χ0v) is 8.76. The van der Waals surface area contributed by atoms with E-state index in [9.17, 15) is 9.90 Å². The van der Waals surface area contributed by atoms with E-state index in [2.05, 4.69) is 5.73 Å². The Morgan fingerprint density at radius 3 is 2.21 bits per heavy atom. The van der Waals surface area contributed by atoms with E-state index >= 15 is 0 Å². The number of hydrogen-bond donors (Lipinski definition) is 1. The van der Waals surface area contributed by atoms with Gasteiger partial charge in [-0.1, -0.05) is 6.07 Å². The van der Waals surface area contributed by atoms with Crippen LogP contribution in [0.5, 0.6) is 0 Å². The minimum absolute atomic E-state index is 0.744. The number of carbonyl (C=O) groups is 1. The monoisotopic (exact) mass is 193 g/mol. The van der Waals surface area contributed by atoms with Crippen molar-refractivity contribution < 1.29 is 15.6 Å². The van der Waals surface area contributed by atoms with E-state index in [0.717, 1.165) is 22.3 Å². The van der Waals surface area contributed by atoms with E-state index in [0.29, 0.717) is 0 Å². The fourth-order valence-corrected chi connectivity index (χ4v) is 1.49. The fourth-order valence-electron chi connectivity index (χ4n) is 1.49. The molecule has 0 aromatic heterocycles. The van der Waals surface area contributed by atoms with Crippen LogP contribution in [0.4, 0.5) is 0 Å². The quantitative estimate of drug-likeness (QED) is 0.697. The molecule has 0 radical (unpaired) electrons. The Morgan fingerprint density at radius 1 is 1.21 bits per heavy atom. The normalized spacial score (nSPS) is 12.6. The molecule has 1 rings (SSSR count). The van der Waals surface area contributed by atoms with Crippen molar-refractivity contribution in [2.75, 3.05) is 0 Å². The molecule has 0 unspecified atom stereocenters. The summed E-state index contributed by atoms with van der Waals surface area (Å²) in [5.74, 6) is -1.13. The van der Waals surface area contributed by atoms with Crippen molar-refractivity contribution in [3.63, 3.8) is 0 Å². The number of aryl methyl sites for hydroxylation is 3. The lowest BCUT2D eigenvalue weighted by molar-refractivity contribution is -0.443. The lowest BCUT2D eigenvalue weighted by Crippen LogP contribution is -2.61. The number of quaternary nitrogens is 1. The molecule has 0 aliphatic carbocycles. The highest BCUT2D eigenvalue weighted by molar-refractivity contribution is 5.72. The van der Waals surface area contributed by atoms with Gasteiger partial charge in [-0.15, -0.1) is 0 Å². The molecular weight excluding hydrogens is 178 g/mol. The molecule has 1 atom stereocenters. The first-order chi connectivity index (χ1) is 6.43. The second kappa shape index (κ2) is 3.80. The van der Waals surface area contributed by atoms with Gasteiger partial charge in [0.1, 0.15) is 5.97 Å². The molecule has 0 aliphatic heterocycles. The summed E-state index contributed by atoms with van der Waals surface area (Å²) < 4.78 is 0. The number of carboxylic acids is 1. The Balaban J connectivity index is 3.22. The summed E-state index contributed by atoms with van der Waals surface area (Å²) in [5.41, 5.74) is 7.52. The number of hydrogen-bond acceptors (Lipinski definition) is 2. The second-order valence-electron chi connectivity index (χ2n) is 3.66. The van der Waals surface area contributed by atoms with Crippen molar-refractivity contribution in [1.82, 2.24) is 0 Å². The van der Waals surface area contributed by atoms with Gasteiger partial charge in [-0.2, -0.15) is 0 Å². The molecule has 3 N–H and O–H groups in total. The van der Waals surface area contributed by atoms with Crippen LogP contribution >= 0.6 is 0 Å². The van der Waals surface area contributed by atoms with Gasteiger partial charge in [-0.25, -0.2) is 0 Å². The van der Waals surface area contributed by atoms with E-state index in [4.69, 9.17) is 0 Å². The molecule has 14 heavy (non-hydrogen) atoms. The maximum atomic E-state index is 10.7. The maximum Gasteiger partial charge on any atom is 0.150 e. The van der Waals surface area contributed by atoms with Crippen LogP contribution in [0.1, 0.15) is 28.3 Å². The third kappa shape index (κ3) is 1.93. The second-order valence-corrected chi connectivity index (χ2v) is 3.66. The molecule has 1 aromatic carbocycles. The van der Waals surface area contributed by atoms with Gasteiger partial charge in [0, 0.05) is 5.56 Å². The van der Waals surface area contributed by atoms with E-state index < -0.39 is 12.0 Å². The third-order valence-electron chi connectivity index (χ3n) is 2.54. The summed E-state index contributed by atoms with van der Waals surface area (Å²) in [6.07, 6.45) is 0. The number of carbonyl (C=O) groups excluding carboxylic acids is 1. The largest absolute Gasteiger partial charge is 0.544 e. The highest BCUT2D eigenvalue weighted by atomic mass is 16.4. The Bertz CT molecular complexity index is 372. The summed E-state index contributed by atoms with van der Waals surface area (Å²) in [6, 6.07) is 3.07. The molecule has 0 saturated heterocycles. The van der Waals surface area contributed by atoms with Crippen molar-refractivity contribution in [2.24, 2.45) is 0 Å². The van der Waals surface area contributed by atoms with Gasteiger partial charge in [0.15, 0.2) is 6.04 Å². The van der Waals surface area contributed by atoms with Gasteiger partial charge >= 0.3 is 0 Å². The molecule has 0 bridgehead atoms. The highest BCUT2D eigenvalue weighted by Crippen LogP contribution is 2.19. The molecule has 3 heteroatoms. The number of carboxylic acid groups (broad SMARTS) is 1. The van der Waals surface area contributed by atoms with E-state index in [-0.39, 0.29) is 0 Å². The van der Waals surface area contributed by atoms with Crippen LogP contribution in [0.15, 0.2) is 12.1 Å². The molecule has 0 heterocycles. The van der Waals surface area contributed by atoms with E-state index in [1.165, 1.54) is 0 Å². The van der Waals surface area contributed by atoms with Crippen molar-refractivity contribution in [3.8, 4) is 0 Å². The van der Waals surface area contributed by atoms with Gasteiger partial charge < -0.3 is 15.6 Å². The average Bonchev–Trinajstić information content (AvgIpc) is 2.10. The van der Waals surface area contributed by atoms with Crippen molar-refractivity contribution >= 4 is 5.97 Å². The number of benzene rings is 1. The predicted molar refractivity (Wildman–Crippen MR) is 51.3 cm³/mol. The van der Waals surface area contributed by atoms with Gasteiger partial charge in [0.2, 0.25) is 0 Å². The first-order valence-electron chi connectivity index (χ1n) is 4.55. The molecule has 76 valence electrons. The maximum absolute atomic E-state index is 10.7. The summed E-state index contributed by atoms with van der Waals surface area (Å²) in [5, 5.41) is 10.7. The lowest BCUT2D eigenvalue weighted by atomic mass is 9.96. The van der Waals surface area contributed by atoms with Crippen LogP contribution in [-0.4, -0.2) is 5.97 Å². The molecule has 0 amide bonds.